The Bertz CT molecular complexity index is 803. The standard InChI is InChI=1S/C18H25BrN4O3/c1-12-6-4-3-5-7-22(12)17(26)13-8-14(18(2,10-24)11-25)23-16(20-13)9-15(19)21-23/h8-9,12,24-25H,3-7,10-11H2,1-2H3. The number of aliphatic hydroxyl groups excluding tert-OH is 2. The summed E-state index contributed by atoms with van der Waals surface area (Å²) in [4.78, 5) is 19.5. The summed E-state index contributed by atoms with van der Waals surface area (Å²) in [6, 6.07) is 3.55. The summed E-state index contributed by atoms with van der Waals surface area (Å²) >= 11 is 3.34. The van der Waals surface area contributed by atoms with Crippen molar-refractivity contribution in [1.29, 1.82) is 0 Å². The van der Waals surface area contributed by atoms with E-state index in [-0.39, 0.29) is 25.2 Å². The summed E-state index contributed by atoms with van der Waals surface area (Å²) in [6.07, 6.45) is 4.25. The first kappa shape index (κ1) is 19.3. The number of hydrogen-bond acceptors (Lipinski definition) is 5. The Balaban J connectivity index is 2.10. The lowest BCUT2D eigenvalue weighted by Crippen LogP contribution is -2.39. The second-order valence-electron chi connectivity index (χ2n) is 7.34. The molecule has 8 heteroatoms. The molecule has 2 N–H and O–H groups in total. The molecule has 3 heterocycles. The van der Waals surface area contributed by atoms with Crippen LogP contribution < -0.4 is 0 Å². The summed E-state index contributed by atoms with van der Waals surface area (Å²) in [7, 11) is 0. The van der Waals surface area contributed by atoms with Crippen LogP contribution in [0.5, 0.6) is 0 Å². The molecule has 142 valence electrons. The molecule has 0 spiro atoms. The van der Waals surface area contributed by atoms with E-state index in [0.717, 1.165) is 32.2 Å². The molecule has 0 bridgehead atoms. The first-order chi connectivity index (χ1) is 12.4. The normalized spacial score (nSPS) is 19.0. The fraction of sp³-hybridized carbons (Fsp3) is 0.611. The summed E-state index contributed by atoms with van der Waals surface area (Å²) in [5.41, 5.74) is 0.450. The topological polar surface area (TPSA) is 91.0 Å². The second kappa shape index (κ2) is 7.62. The van der Waals surface area contributed by atoms with Gasteiger partial charge in [0.25, 0.3) is 5.91 Å². The number of likely N-dealkylation sites (tertiary alicyclic amines) is 1. The Morgan fingerprint density at radius 1 is 1.31 bits per heavy atom. The Morgan fingerprint density at radius 3 is 2.73 bits per heavy atom. The van der Waals surface area contributed by atoms with Crippen molar-refractivity contribution in [1.82, 2.24) is 19.5 Å². The van der Waals surface area contributed by atoms with Gasteiger partial charge in [0.15, 0.2) is 5.65 Å². The Morgan fingerprint density at radius 2 is 2.04 bits per heavy atom. The van der Waals surface area contributed by atoms with E-state index in [1.165, 1.54) is 0 Å². The number of halogens is 1. The van der Waals surface area contributed by atoms with Crippen molar-refractivity contribution in [3.05, 3.63) is 28.1 Å². The lowest BCUT2D eigenvalue weighted by Gasteiger charge is -2.29. The predicted molar refractivity (Wildman–Crippen MR) is 101 cm³/mol. The molecule has 1 unspecified atom stereocenters. The molecular weight excluding hydrogens is 400 g/mol. The van der Waals surface area contributed by atoms with Crippen molar-refractivity contribution in [2.45, 2.75) is 51.0 Å². The lowest BCUT2D eigenvalue weighted by atomic mass is 9.88. The van der Waals surface area contributed by atoms with Gasteiger partial charge in [0.2, 0.25) is 0 Å². The van der Waals surface area contributed by atoms with E-state index in [4.69, 9.17) is 0 Å². The van der Waals surface area contributed by atoms with Gasteiger partial charge in [-0.05, 0) is 48.7 Å². The zero-order chi connectivity index (χ0) is 18.9. The van der Waals surface area contributed by atoms with E-state index in [0.29, 0.717) is 21.6 Å². The van der Waals surface area contributed by atoms with Crippen LogP contribution in [0.3, 0.4) is 0 Å². The SMILES string of the molecule is CC1CCCCCN1C(=O)c1cc(C(C)(CO)CO)n2nc(Br)cc2n1. The number of nitrogens with zero attached hydrogens (tertiary/aromatic N) is 4. The van der Waals surface area contributed by atoms with Gasteiger partial charge in [-0.3, -0.25) is 4.79 Å². The molecule has 1 atom stereocenters. The van der Waals surface area contributed by atoms with Gasteiger partial charge in [0.05, 0.1) is 24.3 Å². The number of carbonyl (C=O) groups excluding carboxylic acids is 1. The first-order valence-electron chi connectivity index (χ1n) is 8.99. The van der Waals surface area contributed by atoms with Gasteiger partial charge >= 0.3 is 0 Å². The smallest absolute Gasteiger partial charge is 0.272 e. The summed E-state index contributed by atoms with van der Waals surface area (Å²) in [5, 5.41) is 24.0. The Kier molecular flexibility index (Phi) is 5.64. The van der Waals surface area contributed by atoms with Crippen molar-refractivity contribution in [3.8, 4) is 0 Å². The molecule has 2 aromatic heterocycles. The summed E-state index contributed by atoms with van der Waals surface area (Å²) in [5.74, 6) is -0.112. The van der Waals surface area contributed by atoms with E-state index in [1.54, 1.807) is 23.6 Å². The van der Waals surface area contributed by atoms with Crippen molar-refractivity contribution >= 4 is 27.5 Å². The summed E-state index contributed by atoms with van der Waals surface area (Å²) < 4.78 is 2.15. The van der Waals surface area contributed by atoms with Crippen LogP contribution in [0, 0.1) is 0 Å². The van der Waals surface area contributed by atoms with Gasteiger partial charge in [0, 0.05) is 18.7 Å². The molecule has 7 nitrogen and oxygen atoms in total. The molecule has 1 fully saturated rings. The maximum absolute atomic E-state index is 13.2. The van der Waals surface area contributed by atoms with E-state index in [9.17, 15) is 15.0 Å². The fourth-order valence-electron chi connectivity index (χ4n) is 3.42. The quantitative estimate of drug-likeness (QED) is 0.784. The van der Waals surface area contributed by atoms with Crippen LogP contribution in [0.25, 0.3) is 5.65 Å². The maximum Gasteiger partial charge on any atom is 0.272 e. The second-order valence-corrected chi connectivity index (χ2v) is 8.15. The van der Waals surface area contributed by atoms with Gasteiger partial charge in [-0.2, -0.15) is 5.10 Å². The maximum atomic E-state index is 13.2. The van der Waals surface area contributed by atoms with Crippen LogP contribution in [0.2, 0.25) is 0 Å². The molecule has 2 aromatic rings. The van der Waals surface area contributed by atoms with Gasteiger partial charge in [-0.15, -0.1) is 0 Å². The van der Waals surface area contributed by atoms with Gasteiger partial charge in [-0.25, -0.2) is 9.50 Å². The highest BCUT2D eigenvalue weighted by atomic mass is 79.9. The van der Waals surface area contributed by atoms with Gasteiger partial charge < -0.3 is 15.1 Å². The number of aliphatic hydroxyl groups is 2. The first-order valence-corrected chi connectivity index (χ1v) is 9.78. The number of rotatable bonds is 4. The zero-order valence-electron chi connectivity index (χ0n) is 15.2. The van der Waals surface area contributed by atoms with Crippen LogP contribution in [0.15, 0.2) is 16.7 Å². The average molecular weight is 425 g/mol. The van der Waals surface area contributed by atoms with Crippen LogP contribution in [0.1, 0.15) is 55.7 Å². The molecule has 1 amide bonds. The van der Waals surface area contributed by atoms with Crippen LogP contribution in [0.4, 0.5) is 0 Å². The van der Waals surface area contributed by atoms with Crippen LogP contribution >= 0.6 is 15.9 Å². The minimum atomic E-state index is -0.938. The molecule has 1 aliphatic heterocycles. The van der Waals surface area contributed by atoms with Crippen LogP contribution in [-0.4, -0.2) is 61.4 Å². The highest BCUT2D eigenvalue weighted by molar-refractivity contribution is 9.10. The molecule has 3 rings (SSSR count). The Hall–Kier alpha value is -1.51. The van der Waals surface area contributed by atoms with Gasteiger partial charge in [-0.1, -0.05) is 12.8 Å². The van der Waals surface area contributed by atoms with Crippen molar-refractivity contribution in [3.63, 3.8) is 0 Å². The highest BCUT2D eigenvalue weighted by Gasteiger charge is 2.32. The molecule has 0 aromatic carbocycles. The van der Waals surface area contributed by atoms with Crippen molar-refractivity contribution in [2.75, 3.05) is 19.8 Å². The largest absolute Gasteiger partial charge is 0.395 e. The minimum absolute atomic E-state index is 0.112. The Labute approximate surface area is 161 Å². The van der Waals surface area contributed by atoms with E-state index in [1.807, 2.05) is 4.90 Å². The monoisotopic (exact) mass is 424 g/mol. The van der Waals surface area contributed by atoms with Crippen molar-refractivity contribution in [2.24, 2.45) is 0 Å². The van der Waals surface area contributed by atoms with E-state index < -0.39 is 5.41 Å². The molecule has 0 aliphatic carbocycles. The molecule has 0 saturated carbocycles. The van der Waals surface area contributed by atoms with E-state index in [2.05, 4.69) is 32.9 Å². The van der Waals surface area contributed by atoms with Gasteiger partial charge in [0.1, 0.15) is 10.3 Å². The third-order valence-corrected chi connectivity index (χ3v) is 5.63. The fourth-order valence-corrected chi connectivity index (χ4v) is 3.79. The number of amides is 1. The minimum Gasteiger partial charge on any atom is -0.395 e. The number of aromatic nitrogens is 3. The number of fused-ring (bicyclic) bond motifs is 1. The number of carbonyl (C=O) groups is 1. The molecule has 1 aliphatic rings. The zero-order valence-corrected chi connectivity index (χ0v) is 16.7. The molecule has 0 radical (unpaired) electrons. The number of hydrogen-bond donors (Lipinski definition) is 2. The lowest BCUT2D eigenvalue weighted by molar-refractivity contribution is 0.0690. The van der Waals surface area contributed by atoms with E-state index >= 15 is 0 Å². The van der Waals surface area contributed by atoms with Crippen molar-refractivity contribution < 1.29 is 15.0 Å². The predicted octanol–water partition coefficient (Wildman–Crippen LogP) is 2.14. The molecular formula is C18H25BrN4O3. The third kappa shape index (κ3) is 3.50. The molecule has 1 saturated heterocycles. The third-order valence-electron chi connectivity index (χ3n) is 5.25. The summed E-state index contributed by atoms with van der Waals surface area (Å²) in [6.45, 7) is 3.99. The molecule has 26 heavy (non-hydrogen) atoms. The highest BCUT2D eigenvalue weighted by Crippen LogP contribution is 2.27. The average Bonchev–Trinajstić information content (AvgIpc) is 2.88. The van der Waals surface area contributed by atoms with Crippen LogP contribution in [-0.2, 0) is 5.41 Å².